The van der Waals surface area contributed by atoms with E-state index in [2.05, 4.69) is 4.74 Å². The van der Waals surface area contributed by atoms with Crippen LogP contribution in [0.2, 0.25) is 0 Å². The molecule has 0 fully saturated rings. The van der Waals surface area contributed by atoms with E-state index in [1.54, 1.807) is 5.32 Å². The number of aliphatic carboxylic acids is 1. The highest BCUT2D eigenvalue weighted by Gasteiger charge is 2.38. The van der Waals surface area contributed by atoms with Crippen LogP contribution in [0.15, 0.2) is 10.8 Å². The van der Waals surface area contributed by atoms with Crippen molar-refractivity contribution in [2.45, 2.75) is 19.1 Å². The lowest BCUT2D eigenvalue weighted by molar-refractivity contribution is -0.154. The largest absolute Gasteiger partial charge is 0.479 e. The monoisotopic (exact) mass is 325 g/mol. The number of hydrogen-bond donors (Lipinski definition) is 2. The van der Waals surface area contributed by atoms with E-state index in [1.165, 1.54) is 6.92 Å². The number of esters is 1. The van der Waals surface area contributed by atoms with Crippen LogP contribution in [-0.4, -0.2) is 35.6 Å². The quantitative estimate of drug-likeness (QED) is 0.632. The first-order valence-electron chi connectivity index (χ1n) is 5.52. The van der Waals surface area contributed by atoms with E-state index < -0.39 is 41.2 Å². The standard InChI is InChI=1S/C11H10F3NO5S/c1-2-20-10(19)7(9(17)18)15-8(16)5-3-21-4-6(5)11(12,13)14/h3-4,7H,2H2,1H3,(H,15,16)(H,17,18). The predicted molar refractivity (Wildman–Crippen MR) is 64.8 cm³/mol. The minimum absolute atomic E-state index is 0.134. The Morgan fingerprint density at radius 3 is 2.48 bits per heavy atom. The molecule has 0 saturated heterocycles. The lowest BCUT2D eigenvalue weighted by Crippen LogP contribution is -2.47. The van der Waals surface area contributed by atoms with Crippen LogP contribution in [0.4, 0.5) is 13.2 Å². The van der Waals surface area contributed by atoms with Crippen molar-refractivity contribution >= 4 is 29.2 Å². The van der Waals surface area contributed by atoms with Gasteiger partial charge in [0, 0.05) is 10.8 Å². The van der Waals surface area contributed by atoms with Gasteiger partial charge < -0.3 is 15.2 Å². The lowest BCUT2D eigenvalue weighted by Gasteiger charge is -2.14. The number of nitrogens with one attached hydrogen (secondary N) is 1. The Balaban J connectivity index is 2.96. The van der Waals surface area contributed by atoms with Gasteiger partial charge in [-0.25, -0.2) is 9.59 Å². The number of carbonyl (C=O) groups is 3. The Morgan fingerprint density at radius 2 is 2.00 bits per heavy atom. The van der Waals surface area contributed by atoms with E-state index in [0.717, 1.165) is 10.8 Å². The van der Waals surface area contributed by atoms with Crippen LogP contribution in [0.25, 0.3) is 0 Å². The molecule has 10 heteroatoms. The molecular formula is C11H10F3NO5S. The Labute approximate surface area is 120 Å². The summed E-state index contributed by atoms with van der Waals surface area (Å²) >= 11 is 0.631. The van der Waals surface area contributed by atoms with Gasteiger partial charge in [-0.3, -0.25) is 4.79 Å². The van der Waals surface area contributed by atoms with E-state index in [-0.39, 0.29) is 6.61 Å². The molecule has 0 aromatic carbocycles. The fraction of sp³-hybridized carbons (Fsp3) is 0.364. The smallest absolute Gasteiger partial charge is 0.417 e. The summed E-state index contributed by atoms with van der Waals surface area (Å²) in [6.07, 6.45) is -4.75. The van der Waals surface area contributed by atoms with Crippen molar-refractivity contribution < 1.29 is 37.4 Å². The van der Waals surface area contributed by atoms with E-state index in [1.807, 2.05) is 0 Å². The van der Waals surface area contributed by atoms with Crippen LogP contribution in [0, 0.1) is 0 Å². The molecule has 1 atom stereocenters. The fourth-order valence-corrected chi connectivity index (χ4v) is 2.18. The van der Waals surface area contributed by atoms with E-state index in [4.69, 9.17) is 5.11 Å². The molecule has 0 aliphatic heterocycles. The SMILES string of the molecule is CCOC(=O)C(NC(=O)c1cscc1C(F)(F)F)C(=O)O. The second-order valence-electron chi connectivity index (χ2n) is 3.69. The van der Waals surface area contributed by atoms with Gasteiger partial charge in [0.25, 0.3) is 5.91 Å². The number of hydrogen-bond acceptors (Lipinski definition) is 5. The van der Waals surface area contributed by atoms with Gasteiger partial charge in [-0.1, -0.05) is 0 Å². The first-order chi connectivity index (χ1) is 9.68. The van der Waals surface area contributed by atoms with Gasteiger partial charge in [-0.05, 0) is 6.92 Å². The van der Waals surface area contributed by atoms with Crippen LogP contribution < -0.4 is 5.32 Å². The number of carbonyl (C=O) groups excluding carboxylic acids is 2. The molecular weight excluding hydrogens is 315 g/mol. The Hall–Kier alpha value is -2.10. The molecule has 1 rings (SSSR count). The van der Waals surface area contributed by atoms with E-state index >= 15 is 0 Å². The third-order valence-electron chi connectivity index (χ3n) is 2.26. The highest BCUT2D eigenvalue weighted by molar-refractivity contribution is 7.08. The van der Waals surface area contributed by atoms with Gasteiger partial charge in [-0.2, -0.15) is 24.5 Å². The third kappa shape index (κ3) is 4.18. The second kappa shape index (κ2) is 6.57. The van der Waals surface area contributed by atoms with Gasteiger partial charge in [0.05, 0.1) is 17.7 Å². The lowest BCUT2D eigenvalue weighted by atomic mass is 10.1. The summed E-state index contributed by atoms with van der Waals surface area (Å²) in [6, 6.07) is -2.07. The average molecular weight is 325 g/mol. The maximum Gasteiger partial charge on any atom is 0.417 e. The molecule has 2 N–H and O–H groups in total. The number of carboxylic acids is 1. The normalized spacial score (nSPS) is 12.6. The summed E-state index contributed by atoms with van der Waals surface area (Å²) in [5.74, 6) is -4.31. The molecule has 0 aliphatic carbocycles. The molecule has 1 aromatic rings. The van der Waals surface area contributed by atoms with Crippen molar-refractivity contribution in [1.29, 1.82) is 0 Å². The van der Waals surface area contributed by atoms with Gasteiger partial charge in [0.15, 0.2) is 0 Å². The topological polar surface area (TPSA) is 92.7 Å². The van der Waals surface area contributed by atoms with Crippen molar-refractivity contribution in [2.75, 3.05) is 6.61 Å². The van der Waals surface area contributed by atoms with Crippen molar-refractivity contribution in [3.05, 3.63) is 21.9 Å². The number of thiophene rings is 1. The molecule has 116 valence electrons. The number of halogens is 3. The molecule has 0 aliphatic rings. The zero-order valence-electron chi connectivity index (χ0n) is 10.6. The molecule has 0 radical (unpaired) electrons. The summed E-state index contributed by atoms with van der Waals surface area (Å²) in [5, 5.41) is 12.2. The van der Waals surface area contributed by atoms with Crippen LogP contribution in [0.1, 0.15) is 22.8 Å². The first-order valence-corrected chi connectivity index (χ1v) is 6.46. The molecule has 21 heavy (non-hydrogen) atoms. The third-order valence-corrected chi connectivity index (χ3v) is 3.00. The molecule has 1 heterocycles. The summed E-state index contributed by atoms with van der Waals surface area (Å²) in [6.45, 7) is 1.28. The number of carboxylic acid groups (broad SMARTS) is 1. The van der Waals surface area contributed by atoms with Crippen LogP contribution in [0.5, 0.6) is 0 Å². The molecule has 0 bridgehead atoms. The molecule has 1 unspecified atom stereocenters. The van der Waals surface area contributed by atoms with Crippen LogP contribution >= 0.6 is 11.3 Å². The zero-order valence-corrected chi connectivity index (χ0v) is 11.4. The molecule has 1 aromatic heterocycles. The molecule has 1 amide bonds. The van der Waals surface area contributed by atoms with Crippen LogP contribution in [-0.2, 0) is 20.5 Å². The number of amides is 1. The van der Waals surface area contributed by atoms with E-state index in [9.17, 15) is 27.6 Å². The minimum atomic E-state index is -4.75. The average Bonchev–Trinajstić information content (AvgIpc) is 2.84. The van der Waals surface area contributed by atoms with Gasteiger partial charge in [-0.15, -0.1) is 0 Å². The summed E-state index contributed by atoms with van der Waals surface area (Å²) in [5.41, 5.74) is -1.94. The Bertz CT molecular complexity index is 554. The summed E-state index contributed by atoms with van der Waals surface area (Å²) in [4.78, 5) is 33.9. The maximum absolute atomic E-state index is 12.6. The highest BCUT2D eigenvalue weighted by atomic mass is 32.1. The predicted octanol–water partition coefficient (Wildman–Crippen LogP) is 1.51. The van der Waals surface area contributed by atoms with Crippen molar-refractivity contribution in [1.82, 2.24) is 5.32 Å². The van der Waals surface area contributed by atoms with Gasteiger partial charge in [0.1, 0.15) is 0 Å². The van der Waals surface area contributed by atoms with Crippen LogP contribution in [0.3, 0.4) is 0 Å². The fourth-order valence-electron chi connectivity index (χ4n) is 1.35. The van der Waals surface area contributed by atoms with Crippen molar-refractivity contribution in [2.24, 2.45) is 0 Å². The number of alkyl halides is 3. The van der Waals surface area contributed by atoms with Gasteiger partial charge >= 0.3 is 18.1 Å². The highest BCUT2D eigenvalue weighted by Crippen LogP contribution is 2.34. The molecule has 0 saturated carbocycles. The number of rotatable bonds is 5. The van der Waals surface area contributed by atoms with E-state index in [0.29, 0.717) is 11.3 Å². The summed E-state index contributed by atoms with van der Waals surface area (Å²) in [7, 11) is 0. The minimum Gasteiger partial charge on any atom is -0.479 e. The zero-order chi connectivity index (χ0) is 16.2. The maximum atomic E-state index is 12.6. The molecule has 0 spiro atoms. The van der Waals surface area contributed by atoms with Crippen molar-refractivity contribution in [3.8, 4) is 0 Å². The Kier molecular flexibility index (Phi) is 5.30. The Morgan fingerprint density at radius 1 is 1.38 bits per heavy atom. The first kappa shape index (κ1) is 17.0. The van der Waals surface area contributed by atoms with Gasteiger partial charge in [0.2, 0.25) is 6.04 Å². The number of ether oxygens (including phenoxy) is 1. The molecule has 6 nitrogen and oxygen atoms in total. The van der Waals surface area contributed by atoms with Crippen molar-refractivity contribution in [3.63, 3.8) is 0 Å². The second-order valence-corrected chi connectivity index (χ2v) is 4.44. The summed E-state index contributed by atoms with van der Waals surface area (Å²) < 4.78 is 42.3.